The molecule has 0 amide bonds. The van der Waals surface area contributed by atoms with Crippen LogP contribution in [0.4, 0.5) is 5.69 Å². The quantitative estimate of drug-likeness (QED) is 0.195. The second-order valence-corrected chi connectivity index (χ2v) is 5.69. The average molecular weight is 299 g/mol. The highest BCUT2D eigenvalue weighted by atomic mass is 32.2. The van der Waals surface area contributed by atoms with Gasteiger partial charge < -0.3 is 0 Å². The van der Waals surface area contributed by atoms with Gasteiger partial charge in [-0.3, -0.25) is 10.1 Å². The van der Waals surface area contributed by atoms with Crippen molar-refractivity contribution >= 4 is 15.7 Å². The fourth-order valence-corrected chi connectivity index (χ4v) is 2.60. The summed E-state index contributed by atoms with van der Waals surface area (Å²) in [5.74, 6) is -0.257. The Hall–Kier alpha value is -2.16. The number of nitro benzene ring substituents is 1. The van der Waals surface area contributed by atoms with Crippen LogP contribution in [0.1, 0.15) is 12.0 Å². The normalized spacial score (nSPS) is 10.8. The predicted molar refractivity (Wildman–Crippen MR) is 72.4 cm³/mol. The van der Waals surface area contributed by atoms with E-state index in [0.717, 1.165) is 0 Å². The fourth-order valence-electron chi connectivity index (χ4n) is 1.41. The summed E-state index contributed by atoms with van der Waals surface area (Å²) in [7, 11) is -3.51. The number of hydrogen-bond donors (Lipinski definition) is 1. The van der Waals surface area contributed by atoms with Crippen molar-refractivity contribution in [2.45, 2.75) is 12.2 Å². The average Bonchev–Trinajstić information content (AvgIpc) is 2.38. The molecule has 1 rings (SSSR count). The number of nitro groups is 1. The van der Waals surface area contributed by atoms with Gasteiger partial charge in [0.1, 0.15) is 0 Å². The summed E-state index contributed by atoms with van der Waals surface area (Å²) in [5, 5.41) is 13.7. The SMILES string of the molecule is [N-]=[N+]=NCCCNS(=O)(=O)Cc1ccc([N+](=O)[O-])cc1. The minimum absolute atomic E-state index is 0.0894. The molecule has 108 valence electrons. The van der Waals surface area contributed by atoms with Gasteiger partial charge in [-0.15, -0.1) is 0 Å². The van der Waals surface area contributed by atoms with Crippen molar-refractivity contribution in [1.82, 2.24) is 4.72 Å². The summed E-state index contributed by atoms with van der Waals surface area (Å²) in [4.78, 5) is 12.5. The van der Waals surface area contributed by atoms with Gasteiger partial charge in [0.05, 0.1) is 10.7 Å². The first-order valence-corrected chi connectivity index (χ1v) is 7.31. The Kier molecular flexibility index (Phi) is 5.91. The zero-order chi connectivity index (χ0) is 15.0. The van der Waals surface area contributed by atoms with E-state index in [1.807, 2.05) is 0 Å². The van der Waals surface area contributed by atoms with Crippen LogP contribution in [0.3, 0.4) is 0 Å². The first-order chi connectivity index (χ1) is 9.44. The van der Waals surface area contributed by atoms with Gasteiger partial charge in [-0.2, -0.15) is 0 Å². The summed E-state index contributed by atoms with van der Waals surface area (Å²) < 4.78 is 25.8. The van der Waals surface area contributed by atoms with Crippen LogP contribution in [-0.2, 0) is 15.8 Å². The highest BCUT2D eigenvalue weighted by Crippen LogP contribution is 2.13. The summed E-state index contributed by atoms with van der Waals surface area (Å²) in [6.07, 6.45) is 0.406. The molecule has 1 N–H and O–H groups in total. The van der Waals surface area contributed by atoms with Gasteiger partial charge in [-0.1, -0.05) is 17.2 Å². The van der Waals surface area contributed by atoms with Gasteiger partial charge in [0.25, 0.3) is 5.69 Å². The molecule has 20 heavy (non-hydrogen) atoms. The van der Waals surface area contributed by atoms with Gasteiger partial charge in [0, 0.05) is 30.1 Å². The lowest BCUT2D eigenvalue weighted by Gasteiger charge is -2.05. The monoisotopic (exact) mass is 299 g/mol. The van der Waals surface area contributed by atoms with E-state index >= 15 is 0 Å². The highest BCUT2D eigenvalue weighted by Gasteiger charge is 2.12. The van der Waals surface area contributed by atoms with E-state index in [2.05, 4.69) is 14.7 Å². The Labute approximate surface area is 115 Å². The van der Waals surface area contributed by atoms with Crippen molar-refractivity contribution in [1.29, 1.82) is 0 Å². The van der Waals surface area contributed by atoms with E-state index in [4.69, 9.17) is 5.53 Å². The molecule has 0 atom stereocenters. The van der Waals surface area contributed by atoms with E-state index in [9.17, 15) is 18.5 Å². The molecule has 0 spiro atoms. The number of nitrogens with zero attached hydrogens (tertiary/aromatic N) is 4. The van der Waals surface area contributed by atoms with Gasteiger partial charge >= 0.3 is 0 Å². The third kappa shape index (κ3) is 5.65. The first-order valence-electron chi connectivity index (χ1n) is 5.66. The molecule has 0 aliphatic heterocycles. The van der Waals surface area contributed by atoms with Gasteiger partial charge in [-0.25, -0.2) is 13.1 Å². The Bertz CT molecular complexity index is 607. The predicted octanol–water partition coefficient (Wildman–Crippen LogP) is 1.71. The molecule has 0 bridgehead atoms. The number of nitrogens with one attached hydrogen (secondary N) is 1. The van der Waals surface area contributed by atoms with Crippen LogP contribution >= 0.6 is 0 Å². The molecule has 0 aliphatic rings. The molecule has 0 unspecified atom stereocenters. The lowest BCUT2D eigenvalue weighted by molar-refractivity contribution is -0.384. The molecule has 9 nitrogen and oxygen atoms in total. The van der Waals surface area contributed by atoms with Crippen LogP contribution in [-0.4, -0.2) is 26.4 Å². The van der Waals surface area contributed by atoms with E-state index < -0.39 is 14.9 Å². The maximum atomic E-state index is 11.7. The molecule has 0 saturated carbocycles. The molecular weight excluding hydrogens is 286 g/mol. The zero-order valence-electron chi connectivity index (χ0n) is 10.5. The first kappa shape index (κ1) is 15.9. The molecule has 0 aliphatic carbocycles. The third-order valence-electron chi connectivity index (χ3n) is 2.32. The van der Waals surface area contributed by atoms with E-state index in [1.165, 1.54) is 24.3 Å². The molecule has 1 aromatic carbocycles. The maximum Gasteiger partial charge on any atom is 0.269 e. The van der Waals surface area contributed by atoms with Crippen LogP contribution in [0.5, 0.6) is 0 Å². The topological polar surface area (TPSA) is 138 Å². The molecule has 0 aromatic heterocycles. The van der Waals surface area contributed by atoms with Gasteiger partial charge in [0.2, 0.25) is 10.0 Å². The number of azide groups is 1. The molecule has 0 radical (unpaired) electrons. The minimum atomic E-state index is -3.51. The van der Waals surface area contributed by atoms with Gasteiger partial charge in [-0.05, 0) is 17.5 Å². The van der Waals surface area contributed by atoms with Crippen molar-refractivity contribution in [2.24, 2.45) is 5.11 Å². The number of rotatable bonds is 8. The number of non-ortho nitro benzene ring substituents is 1. The molecule has 0 heterocycles. The molecule has 0 fully saturated rings. The van der Waals surface area contributed by atoms with Crippen molar-refractivity contribution in [3.05, 3.63) is 50.4 Å². The lowest BCUT2D eigenvalue weighted by atomic mass is 10.2. The van der Waals surface area contributed by atoms with Crippen LogP contribution in [0.15, 0.2) is 29.4 Å². The number of hydrogen-bond acceptors (Lipinski definition) is 5. The van der Waals surface area contributed by atoms with Crippen LogP contribution in [0.25, 0.3) is 10.4 Å². The molecule has 1 aromatic rings. The van der Waals surface area contributed by atoms with Crippen molar-refractivity contribution in [2.75, 3.05) is 13.1 Å². The van der Waals surface area contributed by atoms with E-state index in [0.29, 0.717) is 12.0 Å². The van der Waals surface area contributed by atoms with Crippen molar-refractivity contribution < 1.29 is 13.3 Å². The van der Waals surface area contributed by atoms with E-state index in [1.54, 1.807) is 0 Å². The Balaban J connectivity index is 2.53. The Morgan fingerprint density at radius 2 is 2.00 bits per heavy atom. The summed E-state index contributed by atoms with van der Waals surface area (Å²) >= 11 is 0. The van der Waals surface area contributed by atoms with Crippen LogP contribution in [0.2, 0.25) is 0 Å². The van der Waals surface area contributed by atoms with Crippen LogP contribution < -0.4 is 4.72 Å². The summed E-state index contributed by atoms with van der Waals surface area (Å²) in [6.45, 7) is 0.394. The zero-order valence-corrected chi connectivity index (χ0v) is 11.3. The van der Waals surface area contributed by atoms with Crippen molar-refractivity contribution in [3.63, 3.8) is 0 Å². The molecular formula is C10H13N5O4S. The smallest absolute Gasteiger partial charge is 0.258 e. The molecule has 0 saturated heterocycles. The minimum Gasteiger partial charge on any atom is -0.258 e. The third-order valence-corrected chi connectivity index (χ3v) is 3.68. The largest absolute Gasteiger partial charge is 0.269 e. The summed E-state index contributed by atoms with van der Waals surface area (Å²) in [5.41, 5.74) is 8.42. The maximum absolute atomic E-state index is 11.7. The number of sulfonamides is 1. The van der Waals surface area contributed by atoms with Gasteiger partial charge in [0.15, 0.2) is 0 Å². The van der Waals surface area contributed by atoms with Crippen molar-refractivity contribution in [3.8, 4) is 0 Å². The second kappa shape index (κ2) is 7.43. The fraction of sp³-hybridized carbons (Fsp3) is 0.400. The standard InChI is InChI=1S/C10H13N5O4S/c11-14-12-6-1-7-13-20(18,19)8-9-2-4-10(5-3-9)15(16)17/h2-5,13H,1,6-8H2. The summed E-state index contributed by atoms with van der Waals surface area (Å²) in [6, 6.07) is 5.31. The van der Waals surface area contributed by atoms with E-state index in [-0.39, 0.29) is 24.5 Å². The number of benzene rings is 1. The van der Waals surface area contributed by atoms with Crippen LogP contribution in [0, 0.1) is 10.1 Å². The second-order valence-electron chi connectivity index (χ2n) is 3.89. The molecule has 10 heteroatoms. The highest BCUT2D eigenvalue weighted by molar-refractivity contribution is 7.88. The lowest BCUT2D eigenvalue weighted by Crippen LogP contribution is -2.26. The Morgan fingerprint density at radius 1 is 1.35 bits per heavy atom. The Morgan fingerprint density at radius 3 is 2.55 bits per heavy atom.